The Hall–Kier alpha value is -0.000000000000000111. The van der Waals surface area contributed by atoms with Gasteiger partial charge >= 0.3 is 0 Å². The van der Waals surface area contributed by atoms with E-state index >= 15 is 0 Å². The number of rotatable bonds is 6. The zero-order valence-electron chi connectivity index (χ0n) is 12.8. The van der Waals surface area contributed by atoms with Crippen molar-refractivity contribution < 1.29 is 0 Å². The second kappa shape index (κ2) is 7.85. The first-order chi connectivity index (χ1) is 9.67. The summed E-state index contributed by atoms with van der Waals surface area (Å²) in [4.78, 5) is 0. The Morgan fingerprint density at radius 1 is 1.45 bits per heavy atom. The van der Waals surface area contributed by atoms with Gasteiger partial charge in [0.1, 0.15) is 0 Å². The Morgan fingerprint density at radius 3 is 2.80 bits per heavy atom. The van der Waals surface area contributed by atoms with E-state index in [0.717, 1.165) is 24.6 Å². The van der Waals surface area contributed by atoms with Crippen LogP contribution < -0.4 is 5.32 Å². The molecule has 2 heterocycles. The van der Waals surface area contributed by atoms with Crippen molar-refractivity contribution >= 4 is 27.7 Å². The fourth-order valence-electron chi connectivity index (χ4n) is 2.93. The normalized spacial score (nSPS) is 21.1. The molecule has 2 unspecified atom stereocenters. The summed E-state index contributed by atoms with van der Waals surface area (Å²) in [5.41, 5.74) is 2.51. The van der Waals surface area contributed by atoms with Gasteiger partial charge in [-0.1, -0.05) is 20.3 Å². The number of halogens is 1. The second-order valence-electron chi connectivity index (χ2n) is 5.46. The maximum atomic E-state index is 4.62. The van der Waals surface area contributed by atoms with Crippen LogP contribution in [0, 0.1) is 0 Å². The molecule has 1 aromatic rings. The maximum absolute atomic E-state index is 4.62. The fourth-order valence-corrected chi connectivity index (χ4v) is 5.14. The molecule has 0 aliphatic carbocycles. The molecule has 0 radical (unpaired) electrons. The highest BCUT2D eigenvalue weighted by atomic mass is 79.9. The molecular weight excluding hydrogens is 334 g/mol. The molecule has 3 nitrogen and oxygen atoms in total. The van der Waals surface area contributed by atoms with Crippen molar-refractivity contribution in [1.29, 1.82) is 0 Å². The second-order valence-corrected chi connectivity index (χ2v) is 7.60. The van der Waals surface area contributed by atoms with Crippen molar-refractivity contribution in [1.82, 2.24) is 15.1 Å². The van der Waals surface area contributed by atoms with E-state index in [1.54, 1.807) is 0 Å². The highest BCUT2D eigenvalue weighted by Gasteiger charge is 2.26. The van der Waals surface area contributed by atoms with Crippen LogP contribution in [-0.4, -0.2) is 33.4 Å². The van der Waals surface area contributed by atoms with Crippen LogP contribution in [0.3, 0.4) is 0 Å². The summed E-state index contributed by atoms with van der Waals surface area (Å²) >= 11 is 5.90. The summed E-state index contributed by atoms with van der Waals surface area (Å²) in [5.74, 6) is 1.32. The molecule has 5 heteroatoms. The summed E-state index contributed by atoms with van der Waals surface area (Å²) < 4.78 is 3.27. The highest BCUT2D eigenvalue weighted by molar-refractivity contribution is 9.10. The third kappa shape index (κ3) is 3.80. The molecular formula is C15H26BrN3S. The molecule has 1 fully saturated rings. The van der Waals surface area contributed by atoms with Gasteiger partial charge in [0.15, 0.2) is 0 Å². The summed E-state index contributed by atoms with van der Waals surface area (Å²) in [6, 6.07) is 0.557. The summed E-state index contributed by atoms with van der Waals surface area (Å²) in [7, 11) is 2.07. The number of aromatic nitrogens is 2. The Bertz CT molecular complexity index is 427. The van der Waals surface area contributed by atoms with Crippen molar-refractivity contribution in [2.75, 3.05) is 12.3 Å². The van der Waals surface area contributed by atoms with Gasteiger partial charge in [-0.15, -0.1) is 0 Å². The summed E-state index contributed by atoms with van der Waals surface area (Å²) in [5, 5.41) is 9.07. The lowest BCUT2D eigenvalue weighted by molar-refractivity contribution is 0.461. The van der Waals surface area contributed by atoms with Gasteiger partial charge in [-0.05, 0) is 47.5 Å². The number of hydrogen-bond donors (Lipinski definition) is 1. The van der Waals surface area contributed by atoms with E-state index in [1.165, 1.54) is 40.9 Å². The Morgan fingerprint density at radius 2 is 2.25 bits per heavy atom. The fraction of sp³-hybridized carbons (Fsp3) is 0.800. The molecule has 2 rings (SSSR count). The van der Waals surface area contributed by atoms with Crippen LogP contribution in [0.4, 0.5) is 0 Å². The Balaban J connectivity index is 2.12. The zero-order chi connectivity index (χ0) is 14.5. The molecule has 114 valence electrons. The zero-order valence-corrected chi connectivity index (χ0v) is 15.2. The highest BCUT2D eigenvalue weighted by Crippen LogP contribution is 2.31. The molecule has 1 aliphatic rings. The molecule has 1 saturated heterocycles. The first-order valence-corrected chi connectivity index (χ1v) is 9.56. The van der Waals surface area contributed by atoms with Gasteiger partial charge in [-0.25, -0.2) is 0 Å². The average molecular weight is 360 g/mol. The van der Waals surface area contributed by atoms with Crippen LogP contribution in [0.25, 0.3) is 0 Å². The predicted molar refractivity (Wildman–Crippen MR) is 91.6 cm³/mol. The van der Waals surface area contributed by atoms with Crippen molar-refractivity contribution in [3.05, 3.63) is 15.9 Å². The molecule has 1 aromatic heterocycles. The molecule has 1 aliphatic heterocycles. The van der Waals surface area contributed by atoms with Crippen LogP contribution in [0.5, 0.6) is 0 Å². The molecule has 2 atom stereocenters. The average Bonchev–Trinajstić information content (AvgIpc) is 2.75. The number of nitrogens with zero attached hydrogens (tertiary/aromatic N) is 2. The van der Waals surface area contributed by atoms with Gasteiger partial charge in [-0.3, -0.25) is 4.68 Å². The van der Waals surface area contributed by atoms with E-state index < -0.39 is 0 Å². The summed E-state index contributed by atoms with van der Waals surface area (Å²) in [6.07, 6.45) is 6.16. The van der Waals surface area contributed by atoms with Gasteiger partial charge in [0, 0.05) is 24.8 Å². The third-order valence-corrected chi connectivity index (χ3v) is 6.48. The van der Waals surface area contributed by atoms with Crippen LogP contribution in [0.1, 0.15) is 44.5 Å². The topological polar surface area (TPSA) is 29.9 Å². The van der Waals surface area contributed by atoms with E-state index in [9.17, 15) is 0 Å². The largest absolute Gasteiger partial charge is 0.313 e. The van der Waals surface area contributed by atoms with Crippen LogP contribution in [0.2, 0.25) is 0 Å². The van der Waals surface area contributed by atoms with Gasteiger partial charge in [0.2, 0.25) is 0 Å². The lowest BCUT2D eigenvalue weighted by Gasteiger charge is -2.30. The van der Waals surface area contributed by atoms with Crippen LogP contribution >= 0.6 is 27.7 Å². The number of thioether (sulfide) groups is 1. The van der Waals surface area contributed by atoms with Crippen molar-refractivity contribution in [2.45, 2.75) is 57.2 Å². The van der Waals surface area contributed by atoms with Crippen molar-refractivity contribution in [2.24, 2.45) is 7.05 Å². The van der Waals surface area contributed by atoms with Crippen molar-refractivity contribution in [3.63, 3.8) is 0 Å². The number of aryl methyl sites for hydroxylation is 2. The SMILES string of the molecule is CCNC(Cc1c(Br)c(CC)nn1C)C1CCCCS1. The van der Waals surface area contributed by atoms with Crippen LogP contribution in [-0.2, 0) is 19.9 Å². The van der Waals surface area contributed by atoms with E-state index in [2.05, 4.69) is 63.7 Å². The minimum absolute atomic E-state index is 0.557. The molecule has 20 heavy (non-hydrogen) atoms. The van der Waals surface area contributed by atoms with E-state index in [0.29, 0.717) is 6.04 Å². The quantitative estimate of drug-likeness (QED) is 0.841. The van der Waals surface area contributed by atoms with Gasteiger partial charge in [-0.2, -0.15) is 16.9 Å². The van der Waals surface area contributed by atoms with Crippen molar-refractivity contribution in [3.8, 4) is 0 Å². The first kappa shape index (κ1) is 16.4. The molecule has 0 amide bonds. The van der Waals surface area contributed by atoms with E-state index in [1.807, 2.05) is 0 Å². The molecule has 0 aromatic carbocycles. The standard InChI is InChI=1S/C15H26BrN3S/c1-4-11-15(16)13(19(3)18-11)10-12(17-5-2)14-8-6-7-9-20-14/h12,14,17H,4-10H2,1-3H3. The number of nitrogens with one attached hydrogen (secondary N) is 1. The first-order valence-electron chi connectivity index (χ1n) is 7.72. The minimum Gasteiger partial charge on any atom is -0.313 e. The monoisotopic (exact) mass is 359 g/mol. The lowest BCUT2D eigenvalue weighted by atomic mass is 10.0. The lowest BCUT2D eigenvalue weighted by Crippen LogP contribution is -2.41. The van der Waals surface area contributed by atoms with Gasteiger partial charge in [0.25, 0.3) is 0 Å². The maximum Gasteiger partial charge on any atom is 0.0766 e. The predicted octanol–water partition coefficient (Wildman–Crippen LogP) is 3.55. The smallest absolute Gasteiger partial charge is 0.0766 e. The number of likely N-dealkylation sites (N-methyl/N-ethyl adjacent to an activating group) is 1. The summed E-state index contributed by atoms with van der Waals surface area (Å²) in [6.45, 7) is 5.41. The van der Waals surface area contributed by atoms with Gasteiger partial charge in [0.05, 0.1) is 15.9 Å². The van der Waals surface area contributed by atoms with E-state index in [4.69, 9.17) is 0 Å². The Labute approximate surface area is 135 Å². The van der Waals surface area contributed by atoms with Crippen LogP contribution in [0.15, 0.2) is 4.47 Å². The third-order valence-electron chi connectivity index (χ3n) is 4.05. The molecule has 0 spiro atoms. The molecule has 1 N–H and O–H groups in total. The minimum atomic E-state index is 0.557. The van der Waals surface area contributed by atoms with Gasteiger partial charge < -0.3 is 5.32 Å². The molecule has 0 saturated carbocycles. The Kier molecular flexibility index (Phi) is 6.43. The number of hydrogen-bond acceptors (Lipinski definition) is 3. The van der Waals surface area contributed by atoms with E-state index in [-0.39, 0.29) is 0 Å². The molecule has 0 bridgehead atoms.